The Bertz CT molecular complexity index is 559. The minimum atomic E-state index is 0. The molecule has 2 aromatic rings. The van der Waals surface area contributed by atoms with Gasteiger partial charge >= 0.3 is 0 Å². The molecule has 0 saturated carbocycles. The summed E-state index contributed by atoms with van der Waals surface area (Å²) in [6, 6.07) is 8.50. The molecule has 2 rings (SSSR count). The van der Waals surface area contributed by atoms with Gasteiger partial charge in [-0.15, -0.1) is 24.2 Å². The van der Waals surface area contributed by atoms with Crippen molar-refractivity contribution >= 4 is 24.2 Å². The van der Waals surface area contributed by atoms with E-state index >= 15 is 0 Å². The number of rotatable bonds is 6. The largest absolute Gasteiger partial charge is 0.334 e. The maximum atomic E-state index is 5.42. The number of nitrogens with one attached hydrogen (secondary N) is 1. The summed E-state index contributed by atoms with van der Waals surface area (Å²) in [5, 5.41) is 7.76. The predicted molar refractivity (Wildman–Crippen MR) is 90.2 cm³/mol. The Hall–Kier alpha value is -1.04. The van der Waals surface area contributed by atoms with E-state index in [2.05, 4.69) is 42.3 Å². The van der Waals surface area contributed by atoms with Crippen LogP contribution >= 0.6 is 24.2 Å². The molecular weight excluding hydrogens is 306 g/mol. The lowest BCUT2D eigenvalue weighted by Crippen LogP contribution is -2.24. The topological polar surface area (TPSA) is 51.0 Å². The summed E-state index contributed by atoms with van der Waals surface area (Å²) in [4.78, 5) is 5.69. The second-order valence-corrected chi connectivity index (χ2v) is 6.69. The molecule has 0 amide bonds. The first-order valence-corrected chi connectivity index (χ1v) is 7.74. The molecule has 0 bridgehead atoms. The summed E-state index contributed by atoms with van der Waals surface area (Å²) in [6.07, 6.45) is 0.763. The van der Waals surface area contributed by atoms with E-state index in [0.29, 0.717) is 17.2 Å². The van der Waals surface area contributed by atoms with E-state index in [9.17, 15) is 0 Å². The zero-order valence-corrected chi connectivity index (χ0v) is 14.4. The van der Waals surface area contributed by atoms with Gasteiger partial charge in [0.15, 0.2) is 5.82 Å². The van der Waals surface area contributed by atoms with Crippen molar-refractivity contribution < 1.29 is 4.52 Å². The van der Waals surface area contributed by atoms with Crippen molar-refractivity contribution in [3.8, 4) is 11.5 Å². The van der Waals surface area contributed by atoms with Crippen LogP contribution < -0.4 is 5.32 Å². The second-order valence-electron chi connectivity index (χ2n) is 5.07. The molecule has 0 aliphatic carbocycles. The molecule has 1 aromatic carbocycles. The van der Waals surface area contributed by atoms with Crippen LogP contribution in [0.15, 0.2) is 33.7 Å². The molecule has 0 aliphatic heterocycles. The molecule has 116 valence electrons. The average molecular weight is 328 g/mol. The standard InChI is InChI=1S/C15H21N3OS.ClH/c1-10(2)20-13-8-6-5-7-12(13)15-17-14(18-19-15)9-11(3)16-4;/h5-8,10-11,16H,9H2,1-4H3;1H. The Labute approximate surface area is 136 Å². The van der Waals surface area contributed by atoms with Crippen LogP contribution in [0.4, 0.5) is 0 Å². The molecular formula is C15H22ClN3OS. The van der Waals surface area contributed by atoms with Crippen LogP contribution in [-0.2, 0) is 6.42 Å². The van der Waals surface area contributed by atoms with Crippen molar-refractivity contribution in [2.75, 3.05) is 7.05 Å². The molecule has 1 unspecified atom stereocenters. The van der Waals surface area contributed by atoms with Crippen LogP contribution in [0.2, 0.25) is 0 Å². The number of hydrogen-bond donors (Lipinski definition) is 1. The van der Waals surface area contributed by atoms with E-state index in [1.54, 1.807) is 0 Å². The van der Waals surface area contributed by atoms with Gasteiger partial charge in [-0.1, -0.05) is 31.1 Å². The number of thioether (sulfide) groups is 1. The molecule has 1 aromatic heterocycles. The van der Waals surface area contributed by atoms with E-state index in [1.165, 1.54) is 4.90 Å². The fraction of sp³-hybridized carbons (Fsp3) is 0.467. The number of nitrogens with zero attached hydrogens (tertiary/aromatic N) is 2. The van der Waals surface area contributed by atoms with Crippen molar-refractivity contribution in [1.29, 1.82) is 0 Å². The summed E-state index contributed by atoms with van der Waals surface area (Å²) < 4.78 is 5.42. The molecule has 1 heterocycles. The van der Waals surface area contributed by atoms with Gasteiger partial charge in [0, 0.05) is 22.6 Å². The lowest BCUT2D eigenvalue weighted by molar-refractivity contribution is 0.417. The summed E-state index contributed by atoms with van der Waals surface area (Å²) in [5.74, 6) is 1.35. The van der Waals surface area contributed by atoms with Gasteiger partial charge < -0.3 is 9.84 Å². The highest BCUT2D eigenvalue weighted by atomic mass is 35.5. The van der Waals surface area contributed by atoms with Crippen molar-refractivity contribution in [2.45, 2.75) is 43.4 Å². The van der Waals surface area contributed by atoms with Gasteiger partial charge in [-0.2, -0.15) is 4.98 Å². The minimum absolute atomic E-state index is 0. The quantitative estimate of drug-likeness (QED) is 0.818. The Morgan fingerprint density at radius 1 is 1.24 bits per heavy atom. The maximum Gasteiger partial charge on any atom is 0.259 e. The molecule has 0 spiro atoms. The molecule has 0 fully saturated rings. The Kier molecular flexibility index (Phi) is 7.22. The molecule has 0 radical (unpaired) electrons. The molecule has 0 aliphatic rings. The highest BCUT2D eigenvalue weighted by Gasteiger charge is 2.14. The number of aromatic nitrogens is 2. The summed E-state index contributed by atoms with van der Waals surface area (Å²) in [6.45, 7) is 6.45. The number of halogens is 1. The normalized spacial score (nSPS) is 12.2. The smallest absolute Gasteiger partial charge is 0.259 e. The molecule has 0 saturated heterocycles. The zero-order chi connectivity index (χ0) is 14.5. The van der Waals surface area contributed by atoms with E-state index in [-0.39, 0.29) is 12.4 Å². The van der Waals surface area contributed by atoms with E-state index in [4.69, 9.17) is 4.52 Å². The van der Waals surface area contributed by atoms with Crippen LogP contribution in [0.1, 0.15) is 26.6 Å². The van der Waals surface area contributed by atoms with Crippen LogP contribution in [0.3, 0.4) is 0 Å². The Morgan fingerprint density at radius 3 is 2.62 bits per heavy atom. The number of benzene rings is 1. The predicted octanol–water partition coefficient (Wildman–Crippen LogP) is 3.81. The monoisotopic (exact) mass is 327 g/mol. The van der Waals surface area contributed by atoms with Crippen LogP contribution in [0.25, 0.3) is 11.5 Å². The molecule has 4 nitrogen and oxygen atoms in total. The Morgan fingerprint density at radius 2 is 1.95 bits per heavy atom. The van der Waals surface area contributed by atoms with E-state index < -0.39 is 0 Å². The lowest BCUT2D eigenvalue weighted by atomic mass is 10.2. The van der Waals surface area contributed by atoms with Gasteiger partial charge in [0.25, 0.3) is 5.89 Å². The van der Waals surface area contributed by atoms with Crippen LogP contribution in [0.5, 0.6) is 0 Å². The third-order valence-corrected chi connectivity index (χ3v) is 4.01. The molecule has 6 heteroatoms. The van der Waals surface area contributed by atoms with Gasteiger partial charge in [-0.05, 0) is 26.1 Å². The van der Waals surface area contributed by atoms with Gasteiger partial charge in [-0.3, -0.25) is 0 Å². The second kappa shape index (κ2) is 8.41. The van der Waals surface area contributed by atoms with Crippen molar-refractivity contribution in [1.82, 2.24) is 15.5 Å². The summed E-state index contributed by atoms with van der Waals surface area (Å²) in [7, 11) is 1.93. The van der Waals surface area contributed by atoms with Crippen molar-refractivity contribution in [2.24, 2.45) is 0 Å². The fourth-order valence-corrected chi connectivity index (χ4v) is 2.77. The zero-order valence-electron chi connectivity index (χ0n) is 12.8. The maximum absolute atomic E-state index is 5.42. The first kappa shape index (κ1) is 18.0. The van der Waals surface area contributed by atoms with Crippen LogP contribution in [-0.4, -0.2) is 28.5 Å². The lowest BCUT2D eigenvalue weighted by Gasteiger charge is -2.08. The van der Waals surface area contributed by atoms with E-state index in [0.717, 1.165) is 17.8 Å². The Balaban J connectivity index is 0.00000220. The first-order chi connectivity index (χ1) is 9.60. The first-order valence-electron chi connectivity index (χ1n) is 6.86. The number of hydrogen-bond acceptors (Lipinski definition) is 5. The van der Waals surface area contributed by atoms with E-state index in [1.807, 2.05) is 37.0 Å². The average Bonchev–Trinajstić information content (AvgIpc) is 2.87. The van der Waals surface area contributed by atoms with Crippen LogP contribution in [0, 0.1) is 0 Å². The summed E-state index contributed by atoms with van der Waals surface area (Å²) in [5.41, 5.74) is 1.02. The molecule has 21 heavy (non-hydrogen) atoms. The van der Waals surface area contributed by atoms with Gasteiger partial charge in [0.1, 0.15) is 0 Å². The highest BCUT2D eigenvalue weighted by Crippen LogP contribution is 2.32. The van der Waals surface area contributed by atoms with Gasteiger partial charge in [0.05, 0.1) is 5.56 Å². The minimum Gasteiger partial charge on any atom is -0.334 e. The summed E-state index contributed by atoms with van der Waals surface area (Å²) >= 11 is 1.81. The molecule has 1 N–H and O–H groups in total. The van der Waals surface area contributed by atoms with Gasteiger partial charge in [0.2, 0.25) is 0 Å². The third-order valence-electron chi connectivity index (χ3n) is 2.93. The SMILES string of the molecule is CNC(C)Cc1noc(-c2ccccc2SC(C)C)n1.Cl. The molecule has 1 atom stereocenters. The highest BCUT2D eigenvalue weighted by molar-refractivity contribution is 8.00. The van der Waals surface area contributed by atoms with Gasteiger partial charge in [-0.25, -0.2) is 0 Å². The van der Waals surface area contributed by atoms with Crippen molar-refractivity contribution in [3.05, 3.63) is 30.1 Å². The number of likely N-dealkylation sites (N-methyl/N-ethyl adjacent to an activating group) is 1. The fourth-order valence-electron chi connectivity index (χ4n) is 1.82. The van der Waals surface area contributed by atoms with Crippen molar-refractivity contribution in [3.63, 3.8) is 0 Å². The third kappa shape index (κ3) is 5.02.